The van der Waals surface area contributed by atoms with E-state index in [4.69, 9.17) is 9.73 Å². The number of alkyl carbamates (subject to hydrolysis) is 1. The second-order valence-electron chi connectivity index (χ2n) is 9.43. The number of nitrogens with zero attached hydrogens (tertiary/aromatic N) is 3. The minimum Gasteiger partial charge on any atom is -0.450 e. The van der Waals surface area contributed by atoms with E-state index in [1.54, 1.807) is 6.92 Å². The van der Waals surface area contributed by atoms with Crippen molar-refractivity contribution in [2.24, 2.45) is 10.9 Å². The highest BCUT2D eigenvalue weighted by atomic mass is 16.5. The van der Waals surface area contributed by atoms with Crippen LogP contribution >= 0.6 is 0 Å². The lowest BCUT2D eigenvalue weighted by Gasteiger charge is -2.37. The topological polar surface area (TPSA) is 107 Å². The van der Waals surface area contributed by atoms with E-state index in [0.717, 1.165) is 38.8 Å². The molecule has 184 valence electrons. The molecule has 2 amide bonds. The Balaban J connectivity index is 1.88. The predicted molar refractivity (Wildman–Crippen MR) is 131 cm³/mol. The molecule has 1 aliphatic heterocycles. The largest absolute Gasteiger partial charge is 0.450 e. The molecular formula is C26H37N5O3. The van der Waals surface area contributed by atoms with Gasteiger partial charge in [0.25, 0.3) is 0 Å². The number of hydrogen-bond acceptors (Lipinski definition) is 6. The van der Waals surface area contributed by atoms with Gasteiger partial charge in [0.2, 0.25) is 5.91 Å². The van der Waals surface area contributed by atoms with E-state index in [1.165, 1.54) is 6.42 Å². The van der Waals surface area contributed by atoms with Gasteiger partial charge in [-0.05, 0) is 39.2 Å². The summed E-state index contributed by atoms with van der Waals surface area (Å²) in [5, 5.41) is 15.7. The number of carbonyl (C=O) groups is 2. The maximum Gasteiger partial charge on any atom is 0.412 e. The minimum atomic E-state index is -0.884. The Morgan fingerprint density at radius 2 is 1.88 bits per heavy atom. The molecule has 1 saturated carbocycles. The summed E-state index contributed by atoms with van der Waals surface area (Å²) in [5.41, 5.74) is -0.183. The SMILES string of the molecule is CCOC(=O)NC(=NC(CC1CCCCC1)C(=O)NC1(C#N)CCN(C)CC1)c1ccccc1. The summed E-state index contributed by atoms with van der Waals surface area (Å²) < 4.78 is 5.07. The van der Waals surface area contributed by atoms with Crippen molar-refractivity contribution >= 4 is 17.8 Å². The van der Waals surface area contributed by atoms with Crippen molar-refractivity contribution in [2.45, 2.75) is 69.9 Å². The zero-order chi connectivity index (χ0) is 24.4. The normalized spacial score (nSPS) is 20.1. The molecule has 2 aliphatic rings. The van der Waals surface area contributed by atoms with Gasteiger partial charge >= 0.3 is 6.09 Å². The number of rotatable bonds is 7. The summed E-state index contributed by atoms with van der Waals surface area (Å²) in [7, 11) is 2.02. The molecule has 1 heterocycles. The van der Waals surface area contributed by atoms with Gasteiger partial charge in [0.15, 0.2) is 0 Å². The molecule has 0 radical (unpaired) electrons. The second-order valence-corrected chi connectivity index (χ2v) is 9.43. The van der Waals surface area contributed by atoms with Gasteiger partial charge in [0, 0.05) is 18.7 Å². The van der Waals surface area contributed by atoms with Crippen LogP contribution in [0.5, 0.6) is 0 Å². The van der Waals surface area contributed by atoms with Crippen molar-refractivity contribution in [3.63, 3.8) is 0 Å². The Morgan fingerprint density at radius 3 is 2.50 bits per heavy atom. The van der Waals surface area contributed by atoms with Crippen LogP contribution in [0.3, 0.4) is 0 Å². The zero-order valence-corrected chi connectivity index (χ0v) is 20.4. The number of nitrogens with one attached hydrogen (secondary N) is 2. The zero-order valence-electron chi connectivity index (χ0n) is 20.4. The lowest BCUT2D eigenvalue weighted by atomic mass is 9.84. The van der Waals surface area contributed by atoms with E-state index >= 15 is 0 Å². The smallest absolute Gasteiger partial charge is 0.412 e. The van der Waals surface area contributed by atoms with E-state index in [2.05, 4.69) is 21.6 Å². The Labute approximate surface area is 202 Å². The fourth-order valence-corrected chi connectivity index (χ4v) is 4.74. The number of benzene rings is 1. The molecule has 2 N–H and O–H groups in total. The molecule has 1 aliphatic carbocycles. The van der Waals surface area contributed by atoms with E-state index in [0.29, 0.717) is 36.6 Å². The molecule has 8 heteroatoms. The molecule has 3 rings (SSSR count). The molecular weight excluding hydrogens is 430 g/mol. The number of amides is 2. The molecule has 34 heavy (non-hydrogen) atoms. The van der Waals surface area contributed by atoms with Crippen LogP contribution in [0.15, 0.2) is 35.3 Å². The number of nitriles is 1. The molecule has 0 bridgehead atoms. The molecule has 2 fully saturated rings. The summed E-state index contributed by atoms with van der Waals surface area (Å²) in [6, 6.07) is 10.9. The summed E-state index contributed by atoms with van der Waals surface area (Å²) in [5.74, 6) is 0.448. The first kappa shape index (κ1) is 25.7. The van der Waals surface area contributed by atoms with Crippen LogP contribution in [-0.2, 0) is 9.53 Å². The number of piperidine rings is 1. The third kappa shape index (κ3) is 7.29. The van der Waals surface area contributed by atoms with Crippen molar-refractivity contribution in [2.75, 3.05) is 26.7 Å². The van der Waals surface area contributed by atoms with Crippen molar-refractivity contribution in [3.05, 3.63) is 35.9 Å². The Morgan fingerprint density at radius 1 is 1.21 bits per heavy atom. The Bertz CT molecular complexity index is 881. The first-order valence-corrected chi connectivity index (χ1v) is 12.4. The first-order chi connectivity index (χ1) is 16.4. The number of ether oxygens (including phenoxy) is 1. The fraction of sp³-hybridized carbons (Fsp3) is 0.615. The number of carbonyl (C=O) groups excluding carboxylic acids is 2. The molecule has 8 nitrogen and oxygen atoms in total. The van der Waals surface area contributed by atoms with Gasteiger partial charge < -0.3 is 15.0 Å². The van der Waals surface area contributed by atoms with Crippen LogP contribution in [0.2, 0.25) is 0 Å². The average Bonchev–Trinajstić information content (AvgIpc) is 2.86. The summed E-state index contributed by atoms with van der Waals surface area (Å²) in [6.07, 6.45) is 6.82. The van der Waals surface area contributed by atoms with Gasteiger partial charge in [-0.15, -0.1) is 0 Å². The van der Waals surface area contributed by atoms with Crippen molar-refractivity contribution in [1.29, 1.82) is 5.26 Å². The summed E-state index contributed by atoms with van der Waals surface area (Å²) in [6.45, 7) is 3.48. The lowest BCUT2D eigenvalue weighted by molar-refractivity contribution is -0.124. The van der Waals surface area contributed by atoms with E-state index in [-0.39, 0.29) is 12.5 Å². The third-order valence-corrected chi connectivity index (χ3v) is 6.83. The lowest BCUT2D eigenvalue weighted by Crippen LogP contribution is -2.56. The highest BCUT2D eigenvalue weighted by molar-refractivity contribution is 6.07. The minimum absolute atomic E-state index is 0.235. The van der Waals surface area contributed by atoms with Gasteiger partial charge in [-0.25, -0.2) is 4.79 Å². The third-order valence-electron chi connectivity index (χ3n) is 6.83. The number of hydrogen-bond donors (Lipinski definition) is 2. The predicted octanol–water partition coefficient (Wildman–Crippen LogP) is 3.62. The van der Waals surface area contributed by atoms with Crippen LogP contribution in [-0.4, -0.2) is 61.1 Å². The molecule has 1 unspecified atom stereocenters. The highest BCUT2D eigenvalue weighted by Crippen LogP contribution is 2.29. The number of likely N-dealkylation sites (tertiary alicyclic amines) is 1. The van der Waals surface area contributed by atoms with Crippen LogP contribution in [0.1, 0.15) is 63.9 Å². The number of aliphatic imine (C=N–C) groups is 1. The molecule has 1 aromatic carbocycles. The highest BCUT2D eigenvalue weighted by Gasteiger charge is 2.37. The van der Waals surface area contributed by atoms with E-state index in [9.17, 15) is 14.9 Å². The van der Waals surface area contributed by atoms with Crippen molar-refractivity contribution in [1.82, 2.24) is 15.5 Å². The fourth-order valence-electron chi connectivity index (χ4n) is 4.74. The summed E-state index contributed by atoms with van der Waals surface area (Å²) in [4.78, 5) is 32.8. The maximum absolute atomic E-state index is 13.6. The monoisotopic (exact) mass is 467 g/mol. The van der Waals surface area contributed by atoms with Crippen molar-refractivity contribution < 1.29 is 14.3 Å². The van der Waals surface area contributed by atoms with Gasteiger partial charge in [0.1, 0.15) is 17.4 Å². The first-order valence-electron chi connectivity index (χ1n) is 12.4. The average molecular weight is 468 g/mol. The van der Waals surface area contributed by atoms with Crippen molar-refractivity contribution in [3.8, 4) is 6.07 Å². The van der Waals surface area contributed by atoms with Crippen LogP contribution < -0.4 is 10.6 Å². The molecule has 0 aromatic heterocycles. The molecule has 1 saturated heterocycles. The standard InChI is InChI=1S/C26H37N5O3/c1-3-34-25(33)29-23(21-12-8-5-9-13-21)28-22(18-20-10-6-4-7-11-20)24(32)30-26(19-27)14-16-31(2)17-15-26/h5,8-9,12-13,20,22H,3-4,6-7,10-11,14-18H2,1-2H3,(H,30,32)(H,28,29,33). The second kappa shape index (κ2) is 12.5. The molecule has 1 atom stereocenters. The van der Waals surface area contributed by atoms with Gasteiger partial charge in [-0.2, -0.15) is 5.26 Å². The van der Waals surface area contributed by atoms with Crippen LogP contribution in [0.25, 0.3) is 0 Å². The van der Waals surface area contributed by atoms with E-state index < -0.39 is 17.7 Å². The van der Waals surface area contributed by atoms with Crippen LogP contribution in [0, 0.1) is 17.2 Å². The Hall–Kier alpha value is -2.92. The molecule has 1 aromatic rings. The summed E-state index contributed by atoms with van der Waals surface area (Å²) >= 11 is 0. The number of amidine groups is 1. The van der Waals surface area contributed by atoms with Crippen LogP contribution in [0.4, 0.5) is 4.79 Å². The Kier molecular flexibility index (Phi) is 9.46. The van der Waals surface area contributed by atoms with Gasteiger partial charge in [-0.1, -0.05) is 62.4 Å². The van der Waals surface area contributed by atoms with Gasteiger partial charge in [-0.3, -0.25) is 15.1 Å². The van der Waals surface area contributed by atoms with Gasteiger partial charge in [0.05, 0.1) is 12.7 Å². The van der Waals surface area contributed by atoms with E-state index in [1.807, 2.05) is 37.4 Å². The quantitative estimate of drug-likeness (QED) is 0.470. The maximum atomic E-state index is 13.6. The molecule has 0 spiro atoms.